The smallest absolute Gasteiger partial charge is 0.257 e. The van der Waals surface area contributed by atoms with E-state index in [9.17, 15) is 4.79 Å². The van der Waals surface area contributed by atoms with Gasteiger partial charge in [0, 0.05) is 6.04 Å². The molecule has 2 atom stereocenters. The van der Waals surface area contributed by atoms with Crippen LogP contribution in [0.25, 0.3) is 0 Å². The van der Waals surface area contributed by atoms with Crippen LogP contribution in [0.3, 0.4) is 0 Å². The molecule has 2 unspecified atom stereocenters. The van der Waals surface area contributed by atoms with E-state index in [-0.39, 0.29) is 23.4 Å². The molecule has 0 N–H and O–H groups in total. The molecule has 0 bridgehead atoms. The summed E-state index contributed by atoms with van der Waals surface area (Å²) in [5.74, 6) is 1.72. The molecule has 1 heterocycles. The van der Waals surface area contributed by atoms with E-state index in [1.807, 2.05) is 0 Å². The SMILES string of the molecule is CC(C)N1C(=O)C(O[SiH3])(C(C)C)C1(CCC1CCCCC1)C(C)C. The largest absolute Gasteiger partial charge is 0.412 e. The summed E-state index contributed by atoms with van der Waals surface area (Å²) in [4.78, 5) is 15.4. The fraction of sp³-hybridized carbons (Fsp3) is 0.950. The van der Waals surface area contributed by atoms with Crippen LogP contribution in [0.4, 0.5) is 0 Å². The minimum Gasteiger partial charge on any atom is -0.412 e. The summed E-state index contributed by atoms with van der Waals surface area (Å²) >= 11 is 0. The summed E-state index contributed by atoms with van der Waals surface area (Å²) in [6, 6.07) is 0.245. The fourth-order valence-corrected chi connectivity index (χ4v) is 6.81. The van der Waals surface area contributed by atoms with Crippen LogP contribution in [0.5, 0.6) is 0 Å². The van der Waals surface area contributed by atoms with E-state index in [0.29, 0.717) is 16.4 Å². The predicted octanol–water partition coefficient (Wildman–Crippen LogP) is 3.68. The van der Waals surface area contributed by atoms with Crippen LogP contribution in [0.1, 0.15) is 86.5 Å². The van der Waals surface area contributed by atoms with Crippen molar-refractivity contribution < 1.29 is 9.22 Å². The van der Waals surface area contributed by atoms with Gasteiger partial charge in [0.2, 0.25) is 0 Å². The van der Waals surface area contributed by atoms with Gasteiger partial charge in [-0.3, -0.25) is 4.79 Å². The van der Waals surface area contributed by atoms with E-state index in [0.717, 1.165) is 12.3 Å². The lowest BCUT2D eigenvalue weighted by atomic mass is 9.55. The zero-order valence-electron chi connectivity index (χ0n) is 17.0. The van der Waals surface area contributed by atoms with Crippen LogP contribution in [-0.2, 0) is 9.22 Å². The topological polar surface area (TPSA) is 29.5 Å². The van der Waals surface area contributed by atoms with Gasteiger partial charge in [-0.1, -0.05) is 59.8 Å². The molecule has 0 aromatic carbocycles. The molecule has 0 aromatic heterocycles. The summed E-state index contributed by atoms with van der Waals surface area (Å²) in [7, 11) is 0.617. The summed E-state index contributed by atoms with van der Waals surface area (Å²) in [6.45, 7) is 13.2. The Morgan fingerprint density at radius 3 is 2.08 bits per heavy atom. The van der Waals surface area contributed by atoms with Gasteiger partial charge in [-0.15, -0.1) is 0 Å². The molecule has 2 aliphatic rings. The Hall–Kier alpha value is -0.353. The lowest BCUT2D eigenvalue weighted by molar-refractivity contribution is -0.241. The first kappa shape index (κ1) is 20.0. The Balaban J connectivity index is 2.34. The molecule has 0 spiro atoms. The number of carbonyl (C=O) groups is 1. The first-order valence-corrected chi connectivity index (χ1v) is 11.0. The molecule has 1 amide bonds. The van der Waals surface area contributed by atoms with Gasteiger partial charge in [0.25, 0.3) is 5.91 Å². The van der Waals surface area contributed by atoms with Crippen molar-refractivity contribution in [3.8, 4) is 0 Å². The highest BCUT2D eigenvalue weighted by Gasteiger charge is 2.73. The van der Waals surface area contributed by atoms with Crippen molar-refractivity contribution in [1.82, 2.24) is 4.90 Å². The highest BCUT2D eigenvalue weighted by molar-refractivity contribution is 6.04. The summed E-state index contributed by atoms with van der Waals surface area (Å²) in [5, 5.41) is 0. The van der Waals surface area contributed by atoms with Gasteiger partial charge in [-0.05, 0) is 44.4 Å². The second kappa shape index (κ2) is 7.49. The van der Waals surface area contributed by atoms with Crippen LogP contribution in [0.2, 0.25) is 0 Å². The van der Waals surface area contributed by atoms with E-state index in [2.05, 4.69) is 46.4 Å². The molecule has 24 heavy (non-hydrogen) atoms. The molecule has 0 aromatic rings. The van der Waals surface area contributed by atoms with Crippen LogP contribution in [0.15, 0.2) is 0 Å². The van der Waals surface area contributed by atoms with Crippen molar-refractivity contribution in [3.05, 3.63) is 0 Å². The molecule has 1 saturated heterocycles. The average Bonchev–Trinajstić information content (AvgIpc) is 2.51. The molecule has 1 saturated carbocycles. The van der Waals surface area contributed by atoms with Crippen molar-refractivity contribution in [2.45, 2.75) is 104 Å². The van der Waals surface area contributed by atoms with E-state index in [1.54, 1.807) is 0 Å². The van der Waals surface area contributed by atoms with Crippen molar-refractivity contribution in [3.63, 3.8) is 0 Å². The lowest BCUT2D eigenvalue weighted by Gasteiger charge is -2.69. The zero-order chi connectivity index (χ0) is 18.1. The molecule has 1 aliphatic carbocycles. The maximum Gasteiger partial charge on any atom is 0.257 e. The fourth-order valence-electron chi connectivity index (χ4n) is 5.81. The van der Waals surface area contributed by atoms with E-state index < -0.39 is 5.60 Å². The van der Waals surface area contributed by atoms with Gasteiger partial charge in [-0.2, -0.15) is 0 Å². The molecule has 1 aliphatic heterocycles. The minimum absolute atomic E-state index is 0.133. The molecule has 140 valence electrons. The Morgan fingerprint density at radius 1 is 1.08 bits per heavy atom. The van der Waals surface area contributed by atoms with Gasteiger partial charge < -0.3 is 9.33 Å². The van der Waals surface area contributed by atoms with Gasteiger partial charge in [-0.25, -0.2) is 0 Å². The molecule has 4 heteroatoms. The monoisotopic (exact) mass is 353 g/mol. The van der Waals surface area contributed by atoms with Gasteiger partial charge in [0.05, 0.1) is 5.54 Å². The number of likely N-dealkylation sites (tertiary alicyclic amines) is 1. The molecular weight excluding hydrogens is 314 g/mol. The standard InChI is InChI=1S/C20H39NO2Si/c1-14(2)19(13-12-17-10-8-7-9-11-17)20(23-24,15(3)4)18(22)21(19)16(5)6/h14-17H,7-13H2,1-6,24H3. The Labute approximate surface area is 152 Å². The predicted molar refractivity (Wildman–Crippen MR) is 104 cm³/mol. The highest BCUT2D eigenvalue weighted by atomic mass is 28.2. The Kier molecular flexibility index (Phi) is 6.23. The molecular formula is C20H39NO2Si. The van der Waals surface area contributed by atoms with Crippen LogP contribution < -0.4 is 0 Å². The number of hydrogen-bond acceptors (Lipinski definition) is 2. The maximum absolute atomic E-state index is 13.2. The Bertz CT molecular complexity index is 445. The molecule has 2 rings (SSSR count). The number of β-lactam (4-membered cyclic amide) rings is 1. The van der Waals surface area contributed by atoms with Crippen molar-refractivity contribution in [2.75, 3.05) is 0 Å². The second-order valence-corrected chi connectivity index (χ2v) is 9.39. The molecule has 0 radical (unpaired) electrons. The lowest BCUT2D eigenvalue weighted by Crippen LogP contribution is -2.87. The summed E-state index contributed by atoms with van der Waals surface area (Å²) in [5.41, 5.74) is -0.724. The van der Waals surface area contributed by atoms with Gasteiger partial charge in [0.15, 0.2) is 5.60 Å². The van der Waals surface area contributed by atoms with Crippen molar-refractivity contribution >= 4 is 16.4 Å². The number of carbonyl (C=O) groups excluding carboxylic acids is 1. The van der Waals surface area contributed by atoms with Gasteiger partial charge >= 0.3 is 0 Å². The third kappa shape index (κ3) is 2.78. The highest BCUT2D eigenvalue weighted by Crippen LogP contribution is 2.56. The van der Waals surface area contributed by atoms with Crippen molar-refractivity contribution in [2.24, 2.45) is 17.8 Å². The third-order valence-electron chi connectivity index (χ3n) is 6.87. The first-order chi connectivity index (χ1) is 11.3. The summed E-state index contributed by atoms with van der Waals surface area (Å²) < 4.78 is 6.19. The van der Waals surface area contributed by atoms with Gasteiger partial charge in [0.1, 0.15) is 10.5 Å². The average molecular weight is 354 g/mol. The van der Waals surface area contributed by atoms with Crippen LogP contribution >= 0.6 is 0 Å². The molecule has 3 nitrogen and oxygen atoms in total. The summed E-state index contributed by atoms with van der Waals surface area (Å²) in [6.07, 6.45) is 9.27. The van der Waals surface area contributed by atoms with Crippen LogP contribution in [-0.4, -0.2) is 38.5 Å². The van der Waals surface area contributed by atoms with E-state index in [4.69, 9.17) is 4.43 Å². The maximum atomic E-state index is 13.2. The van der Waals surface area contributed by atoms with E-state index in [1.165, 1.54) is 38.5 Å². The van der Waals surface area contributed by atoms with E-state index >= 15 is 0 Å². The zero-order valence-corrected chi connectivity index (χ0v) is 19.0. The van der Waals surface area contributed by atoms with Crippen LogP contribution in [0, 0.1) is 17.8 Å². The number of hydrogen-bond donors (Lipinski definition) is 0. The second-order valence-electron chi connectivity index (χ2n) is 8.99. The number of amides is 1. The normalized spacial score (nSPS) is 32.2. The Morgan fingerprint density at radius 2 is 1.67 bits per heavy atom. The van der Waals surface area contributed by atoms with Crippen molar-refractivity contribution in [1.29, 1.82) is 0 Å². The number of rotatable bonds is 7. The third-order valence-corrected chi connectivity index (χ3v) is 7.52. The quantitative estimate of drug-likeness (QED) is 0.516. The number of nitrogens with zero attached hydrogens (tertiary/aromatic N) is 1. The molecule has 2 fully saturated rings. The minimum atomic E-state index is -0.591. The first-order valence-electron chi connectivity index (χ1n) is 10.1.